The summed E-state index contributed by atoms with van der Waals surface area (Å²) in [6, 6.07) is 19.3. The average Bonchev–Trinajstić information content (AvgIpc) is 3.83. The summed E-state index contributed by atoms with van der Waals surface area (Å²) in [5, 5.41) is 13.3. The van der Waals surface area contributed by atoms with Crippen molar-refractivity contribution >= 4 is 51.3 Å². The van der Waals surface area contributed by atoms with Gasteiger partial charge in [0.25, 0.3) is 0 Å². The van der Waals surface area contributed by atoms with Crippen LogP contribution in [0.4, 0.5) is 11.4 Å². The molecule has 0 bridgehead atoms. The van der Waals surface area contributed by atoms with Gasteiger partial charge in [-0.1, -0.05) is 76.6 Å². The highest BCUT2D eigenvalue weighted by atomic mass is 35.5. The molecule has 0 radical (unpaired) electrons. The Morgan fingerprint density at radius 2 is 1.61 bits per heavy atom. The molecule has 1 amide bonds. The second-order valence-corrected chi connectivity index (χ2v) is 12.0. The number of amides is 1. The summed E-state index contributed by atoms with van der Waals surface area (Å²) in [6.45, 7) is 7.74. The number of nitrogens with zero attached hydrogens (tertiary/aromatic N) is 2. The van der Waals surface area contributed by atoms with Crippen LogP contribution in [0.15, 0.2) is 60.7 Å². The fourth-order valence-electron chi connectivity index (χ4n) is 5.71. The molecule has 1 fully saturated rings. The number of carboxylic acids is 1. The highest BCUT2D eigenvalue weighted by Crippen LogP contribution is 2.36. The van der Waals surface area contributed by atoms with E-state index in [1.165, 1.54) is 0 Å². The number of rotatable bonds is 12. The minimum Gasteiger partial charge on any atom is -1.00 e. The number of carbonyl (C=O) groups is 3. The van der Waals surface area contributed by atoms with Gasteiger partial charge < -0.3 is 38.0 Å². The van der Waals surface area contributed by atoms with Crippen LogP contribution in [0.1, 0.15) is 90.2 Å². The number of epoxide rings is 1. The lowest BCUT2D eigenvalue weighted by molar-refractivity contribution is -0.538. The number of hydrogen-bond acceptors (Lipinski definition) is 7. The number of hydrogen-bond donors (Lipinski definition) is 3. The molecule has 11 heteroatoms. The summed E-state index contributed by atoms with van der Waals surface area (Å²) in [7, 11) is 0. The first-order valence-corrected chi connectivity index (χ1v) is 14.9. The third-order valence-electron chi connectivity index (χ3n) is 8.37. The number of aryl methyl sites for hydroxylation is 1. The van der Waals surface area contributed by atoms with Crippen LogP contribution in [0.3, 0.4) is 0 Å². The number of aliphatic carboxylic acids is 1. The molecule has 4 N–H and O–H groups in total. The summed E-state index contributed by atoms with van der Waals surface area (Å²) in [5.41, 5.74) is 10.9. The van der Waals surface area contributed by atoms with Crippen molar-refractivity contribution in [1.29, 1.82) is 0 Å². The Hall–Kier alpha value is -4.28. The highest BCUT2D eigenvalue weighted by Gasteiger charge is 2.40. The van der Waals surface area contributed by atoms with Crippen molar-refractivity contribution in [2.75, 3.05) is 24.3 Å². The van der Waals surface area contributed by atoms with Crippen LogP contribution in [0.5, 0.6) is 0 Å². The lowest BCUT2D eigenvalue weighted by Crippen LogP contribution is -3.00. The molecular formula is C40H63ClN4O6. The van der Waals surface area contributed by atoms with E-state index >= 15 is 0 Å². The van der Waals surface area contributed by atoms with Crippen LogP contribution in [0.2, 0.25) is 0 Å². The van der Waals surface area contributed by atoms with Gasteiger partial charge in [0.1, 0.15) is 23.7 Å². The first-order valence-electron chi connectivity index (χ1n) is 14.9. The van der Waals surface area contributed by atoms with E-state index in [9.17, 15) is 19.5 Å². The van der Waals surface area contributed by atoms with Crippen LogP contribution >= 0.6 is 0 Å². The third kappa shape index (κ3) is 11.6. The fourth-order valence-corrected chi connectivity index (χ4v) is 5.71. The van der Waals surface area contributed by atoms with Gasteiger partial charge >= 0.3 is 11.9 Å². The van der Waals surface area contributed by atoms with Crippen molar-refractivity contribution in [3.63, 3.8) is 0 Å². The van der Waals surface area contributed by atoms with Crippen molar-refractivity contribution < 1.29 is 45.9 Å². The minimum atomic E-state index is -1.32. The first kappa shape index (κ1) is 51.1. The van der Waals surface area contributed by atoms with Gasteiger partial charge in [-0.3, -0.25) is 14.4 Å². The number of carbonyl (C=O) groups excluding carboxylic acids is 2. The Morgan fingerprint density at radius 3 is 2.18 bits per heavy atom. The van der Waals surface area contributed by atoms with Crippen molar-refractivity contribution in [1.82, 2.24) is 4.98 Å². The van der Waals surface area contributed by atoms with Gasteiger partial charge in [0.05, 0.1) is 23.6 Å². The molecule has 2 heterocycles. The number of ether oxygens (including phenoxy) is 2. The number of carboxylic acid groups (broad SMARTS) is 1. The lowest BCUT2D eigenvalue weighted by Gasteiger charge is -2.30. The van der Waals surface area contributed by atoms with Crippen LogP contribution < -0.4 is 28.0 Å². The number of nitrogen functional groups attached to an aromatic ring is 1. The number of fused-ring (bicyclic) bond motifs is 2. The normalized spacial score (nSPS) is 14.7. The molecule has 0 aliphatic carbocycles. The van der Waals surface area contributed by atoms with Crippen LogP contribution in [-0.2, 0) is 23.9 Å². The maximum atomic E-state index is 13.7. The molecule has 5 rings (SSSR count). The van der Waals surface area contributed by atoms with E-state index in [-0.39, 0.29) is 88.4 Å². The summed E-state index contributed by atoms with van der Waals surface area (Å²) < 4.78 is 12.4. The monoisotopic (exact) mass is 730 g/mol. The van der Waals surface area contributed by atoms with Gasteiger partial charge in [-0.25, -0.2) is 4.98 Å². The molecule has 10 nitrogen and oxygen atoms in total. The zero-order valence-corrected chi connectivity index (χ0v) is 26.6. The van der Waals surface area contributed by atoms with E-state index in [1.807, 2.05) is 74.5 Å². The van der Waals surface area contributed by atoms with E-state index in [0.717, 1.165) is 33.3 Å². The first-order chi connectivity index (χ1) is 21.0. The maximum absolute atomic E-state index is 13.7. The minimum absolute atomic E-state index is 0. The largest absolute Gasteiger partial charge is 1.00 e. The van der Waals surface area contributed by atoms with Crippen LogP contribution in [0, 0.1) is 24.2 Å². The maximum Gasteiger partial charge on any atom is 0.309 e. The number of nitrogens with one attached hydrogen (secondary N) is 1. The zero-order chi connectivity index (χ0) is 31.6. The Labute approximate surface area is 312 Å². The van der Waals surface area contributed by atoms with Crippen molar-refractivity contribution in [2.24, 2.45) is 17.3 Å². The molecule has 51 heavy (non-hydrogen) atoms. The number of halogens is 1. The molecule has 3 aromatic carbocycles. The van der Waals surface area contributed by atoms with Crippen molar-refractivity contribution in [3.8, 4) is 5.69 Å². The summed E-state index contributed by atoms with van der Waals surface area (Å²) >= 11 is 0. The van der Waals surface area contributed by atoms with E-state index < -0.39 is 29.2 Å². The average molecular weight is 731 g/mol. The standard InChI is InChI=1S/C34H38N4O6.6CH4.ClH/c1-5-22(17-34(4,33(41)42)16-21(3)32(40)44-19-25-18-43-25)31(39)37-27-15-30-28(13-20(27)2)36-26-12-11-23(35)14-29(26)38(30)24-9-7-6-8-10-24;;;;;;;/h6-15,21-22,25H,5,16-19H2,1-4H3,(H3,35,37,39,41,42);6*1H4;1H. The van der Waals surface area contributed by atoms with E-state index in [1.54, 1.807) is 13.8 Å². The lowest BCUT2D eigenvalue weighted by atomic mass is 9.74. The molecule has 1 aliphatic heterocycles. The molecule has 0 spiro atoms. The molecule has 1 aromatic heterocycles. The molecule has 286 valence electrons. The Balaban J connectivity index is -0.00000329. The fraction of sp³-hybridized carbons (Fsp3) is 0.475. The van der Waals surface area contributed by atoms with Gasteiger partial charge in [0.15, 0.2) is 0 Å². The summed E-state index contributed by atoms with van der Waals surface area (Å²) in [5.74, 6) is -3.07. The van der Waals surface area contributed by atoms with Gasteiger partial charge in [-0.2, -0.15) is 0 Å². The molecule has 4 unspecified atom stereocenters. The van der Waals surface area contributed by atoms with E-state index in [2.05, 4.69) is 9.88 Å². The number of aromatic nitrogens is 2. The zero-order valence-electron chi connectivity index (χ0n) is 25.9. The van der Waals surface area contributed by atoms with Gasteiger partial charge in [-0.15, -0.1) is 4.57 Å². The molecule has 1 saturated heterocycles. The van der Waals surface area contributed by atoms with Crippen molar-refractivity contribution in [2.45, 2.75) is 97.6 Å². The third-order valence-corrected chi connectivity index (χ3v) is 8.37. The van der Waals surface area contributed by atoms with Gasteiger partial charge in [-0.05, 0) is 56.9 Å². The Bertz CT molecular complexity index is 1730. The molecule has 4 atom stereocenters. The van der Waals surface area contributed by atoms with Gasteiger partial charge in [0, 0.05) is 35.9 Å². The number of anilines is 2. The molecule has 0 saturated carbocycles. The quantitative estimate of drug-likeness (QED) is 0.0546. The molecule has 1 aliphatic rings. The van der Waals surface area contributed by atoms with Crippen molar-refractivity contribution in [3.05, 3.63) is 66.2 Å². The smallest absolute Gasteiger partial charge is 0.309 e. The summed E-state index contributed by atoms with van der Waals surface area (Å²) in [6.07, 6.45) is 0.466. The van der Waals surface area contributed by atoms with Crippen LogP contribution in [-0.4, -0.2) is 47.3 Å². The predicted octanol–water partition coefficient (Wildman–Crippen LogP) is 5.79. The Morgan fingerprint density at radius 1 is 1.00 bits per heavy atom. The number of para-hydroxylation sites is 1. The van der Waals surface area contributed by atoms with Crippen LogP contribution in [0.25, 0.3) is 27.8 Å². The van der Waals surface area contributed by atoms with E-state index in [4.69, 9.17) is 20.2 Å². The van der Waals surface area contributed by atoms with Gasteiger partial charge in [0.2, 0.25) is 22.6 Å². The molecular weight excluding hydrogens is 668 g/mol. The number of benzene rings is 3. The predicted molar refractivity (Wildman–Crippen MR) is 208 cm³/mol. The molecule has 4 aromatic rings. The second kappa shape index (κ2) is 21.2. The topological polar surface area (TPSA) is 148 Å². The summed E-state index contributed by atoms with van der Waals surface area (Å²) in [4.78, 5) is 43.6. The Kier molecular flexibility index (Phi) is 21.2. The number of nitrogens with two attached hydrogens (primary N) is 1. The highest BCUT2D eigenvalue weighted by molar-refractivity contribution is 5.96. The SMILES string of the molecule is C.C.C.C.C.C.CCC(CC(C)(CC(C)C(=O)OCC1CO1)C(=O)O)C(=O)Nc1cc2c(cc1C)nc1ccc(N)cc1[n+]2-c1ccccc1.[Cl-]. The number of esters is 1. The second-order valence-electron chi connectivity index (χ2n) is 12.0. The van der Waals surface area contributed by atoms with E-state index in [0.29, 0.717) is 24.4 Å².